The highest BCUT2D eigenvalue weighted by molar-refractivity contribution is 5.12. The lowest BCUT2D eigenvalue weighted by Gasteiger charge is -2.62. The summed E-state index contributed by atoms with van der Waals surface area (Å²) in [7, 11) is 4.89. The Morgan fingerprint density at radius 3 is 1.94 bits per heavy atom. The third kappa shape index (κ3) is 3.22. The number of likely N-dealkylation sites (N-methyl/N-ethyl adjacent to an activating group) is 2. The van der Waals surface area contributed by atoms with E-state index in [1.54, 1.807) is 0 Å². The molecule has 0 aromatic rings. The fraction of sp³-hybridized carbons (Fsp3) is 1.00. The standard InChI is InChI=1S/C29H52N2O2/c1-28-12-11-22-21(23(28)18-24(27(28)33)30(3)13-5-6-14-30)10-9-20-17-26(32)25(19-29(20,22)2)31(4)15-7-8-16-31/h20-27,32-33H,5-19H2,1-4H3/q+2/t20-,21+,22-,23-,24?,25?,26-,27-,28-,29-/m0/s1. The van der Waals surface area contributed by atoms with E-state index in [1.165, 1.54) is 90.4 Å². The molecule has 188 valence electrons. The van der Waals surface area contributed by atoms with Crippen molar-refractivity contribution < 1.29 is 19.2 Å². The molecule has 0 aromatic carbocycles. The van der Waals surface area contributed by atoms with Crippen molar-refractivity contribution in [2.45, 2.75) is 109 Å². The molecule has 2 heterocycles. The van der Waals surface area contributed by atoms with E-state index in [2.05, 4.69) is 27.9 Å². The Hall–Kier alpha value is -0.160. The summed E-state index contributed by atoms with van der Waals surface area (Å²) < 4.78 is 2.26. The van der Waals surface area contributed by atoms with Crippen LogP contribution >= 0.6 is 0 Å². The van der Waals surface area contributed by atoms with Crippen molar-refractivity contribution in [3.63, 3.8) is 0 Å². The van der Waals surface area contributed by atoms with Crippen LogP contribution in [0.1, 0.15) is 84.5 Å². The minimum Gasteiger partial charge on any atom is -0.387 e. The average molecular weight is 461 g/mol. The smallest absolute Gasteiger partial charge is 0.116 e. The predicted molar refractivity (Wildman–Crippen MR) is 132 cm³/mol. The van der Waals surface area contributed by atoms with E-state index in [-0.39, 0.29) is 17.6 Å². The molecule has 0 spiro atoms. The molecule has 0 aromatic heterocycles. The van der Waals surface area contributed by atoms with Crippen molar-refractivity contribution in [3.05, 3.63) is 0 Å². The summed E-state index contributed by atoms with van der Waals surface area (Å²) in [6.45, 7) is 10.2. The van der Waals surface area contributed by atoms with E-state index in [1.807, 2.05) is 0 Å². The second kappa shape index (κ2) is 7.67. The first-order valence-corrected chi connectivity index (χ1v) is 14.7. The van der Waals surface area contributed by atoms with Crippen molar-refractivity contribution in [2.24, 2.45) is 34.5 Å². The SMILES string of the molecule is C[C@]12CC([N+]3(C)CCCC3)[C@@H](O)C[C@@H]1CC[C@@H]1[C@@H]2CC[C@]2(C)[C@@H](O)C([N+]3(C)CCCC3)C[C@@H]12. The molecule has 10 atom stereocenters. The average Bonchev–Trinajstić information content (AvgIpc) is 3.48. The van der Waals surface area contributed by atoms with Crippen molar-refractivity contribution in [1.29, 1.82) is 0 Å². The van der Waals surface area contributed by atoms with Crippen LogP contribution in [0.25, 0.3) is 0 Å². The summed E-state index contributed by atoms with van der Waals surface area (Å²) >= 11 is 0. The lowest BCUT2D eigenvalue weighted by Crippen LogP contribution is -2.64. The summed E-state index contributed by atoms with van der Waals surface area (Å²) in [5.74, 6) is 2.99. The summed E-state index contributed by atoms with van der Waals surface area (Å²) in [6.07, 6.45) is 13.9. The molecule has 0 amide bonds. The van der Waals surface area contributed by atoms with Crippen LogP contribution in [-0.2, 0) is 0 Å². The maximum Gasteiger partial charge on any atom is 0.116 e. The first-order valence-electron chi connectivity index (χ1n) is 14.7. The lowest BCUT2D eigenvalue weighted by atomic mass is 9.44. The lowest BCUT2D eigenvalue weighted by molar-refractivity contribution is -0.928. The van der Waals surface area contributed by atoms with Gasteiger partial charge in [-0.15, -0.1) is 0 Å². The summed E-state index contributed by atoms with van der Waals surface area (Å²) in [5.41, 5.74) is 0.507. The van der Waals surface area contributed by atoms with E-state index >= 15 is 0 Å². The quantitative estimate of drug-likeness (QED) is 0.607. The zero-order valence-electron chi connectivity index (χ0n) is 22.0. The van der Waals surface area contributed by atoms with Crippen LogP contribution in [0.4, 0.5) is 0 Å². The molecule has 0 radical (unpaired) electrons. The third-order valence-corrected chi connectivity index (χ3v) is 13.4. The molecule has 2 N–H and O–H groups in total. The normalized spacial score (nSPS) is 55.1. The fourth-order valence-corrected chi connectivity index (χ4v) is 11.3. The molecule has 2 unspecified atom stereocenters. The maximum atomic E-state index is 11.8. The predicted octanol–water partition coefficient (Wildman–Crippen LogP) is 4.19. The first-order chi connectivity index (χ1) is 15.6. The number of hydrogen-bond donors (Lipinski definition) is 2. The van der Waals surface area contributed by atoms with Crippen molar-refractivity contribution in [2.75, 3.05) is 40.3 Å². The topological polar surface area (TPSA) is 40.5 Å². The molecule has 4 heteroatoms. The number of aliphatic hydroxyl groups excluding tert-OH is 2. The van der Waals surface area contributed by atoms with E-state index in [0.29, 0.717) is 29.3 Å². The van der Waals surface area contributed by atoms with Gasteiger partial charge in [-0.1, -0.05) is 13.8 Å². The molecule has 2 aliphatic heterocycles. The van der Waals surface area contributed by atoms with Crippen LogP contribution < -0.4 is 0 Å². The van der Waals surface area contributed by atoms with Gasteiger partial charge in [-0.25, -0.2) is 0 Å². The second-order valence-corrected chi connectivity index (χ2v) is 14.8. The third-order valence-electron chi connectivity index (χ3n) is 13.4. The summed E-state index contributed by atoms with van der Waals surface area (Å²) in [6, 6.07) is 0.901. The number of likely N-dealkylation sites (tertiary alicyclic amines) is 2. The molecule has 0 bridgehead atoms. The number of aliphatic hydroxyl groups is 2. The van der Waals surface area contributed by atoms with Gasteiger partial charge in [-0.3, -0.25) is 0 Å². The van der Waals surface area contributed by atoms with Gasteiger partial charge in [-0.2, -0.15) is 0 Å². The molecule has 2 saturated heterocycles. The fourth-order valence-electron chi connectivity index (χ4n) is 11.3. The molecule has 6 rings (SSSR count). The molecule has 4 saturated carbocycles. The Labute approximate surface area is 202 Å². The van der Waals surface area contributed by atoms with Gasteiger partial charge in [0.25, 0.3) is 0 Å². The van der Waals surface area contributed by atoms with Gasteiger partial charge >= 0.3 is 0 Å². The number of hydrogen-bond acceptors (Lipinski definition) is 2. The maximum absolute atomic E-state index is 11.8. The van der Waals surface area contributed by atoms with E-state index in [4.69, 9.17) is 0 Å². The van der Waals surface area contributed by atoms with Gasteiger partial charge in [0.2, 0.25) is 0 Å². The molecular formula is C29H52N2O2+2. The first kappa shape index (κ1) is 23.3. The zero-order valence-corrected chi connectivity index (χ0v) is 22.0. The van der Waals surface area contributed by atoms with Gasteiger partial charge in [0.15, 0.2) is 0 Å². The molecule has 4 nitrogen and oxygen atoms in total. The van der Waals surface area contributed by atoms with Gasteiger partial charge in [0.1, 0.15) is 24.3 Å². The molecule has 4 aliphatic carbocycles. The van der Waals surface area contributed by atoms with Crippen molar-refractivity contribution >= 4 is 0 Å². The second-order valence-electron chi connectivity index (χ2n) is 14.8. The molecule has 33 heavy (non-hydrogen) atoms. The van der Waals surface area contributed by atoms with Crippen molar-refractivity contribution in [1.82, 2.24) is 0 Å². The van der Waals surface area contributed by atoms with Crippen LogP contribution in [0, 0.1) is 34.5 Å². The van der Waals surface area contributed by atoms with Crippen LogP contribution in [0.2, 0.25) is 0 Å². The van der Waals surface area contributed by atoms with E-state index < -0.39 is 0 Å². The van der Waals surface area contributed by atoms with Crippen molar-refractivity contribution in [3.8, 4) is 0 Å². The van der Waals surface area contributed by atoms with Crippen LogP contribution in [0.3, 0.4) is 0 Å². The Kier molecular flexibility index (Phi) is 5.40. The minimum absolute atomic E-state index is 0.103. The highest BCUT2D eigenvalue weighted by Gasteiger charge is 2.66. The van der Waals surface area contributed by atoms with Gasteiger partial charge < -0.3 is 19.2 Å². The Bertz CT molecular complexity index is 759. The van der Waals surface area contributed by atoms with Gasteiger partial charge in [0.05, 0.1) is 40.3 Å². The van der Waals surface area contributed by atoms with Crippen LogP contribution in [-0.4, -0.2) is 83.7 Å². The number of rotatable bonds is 2. The Morgan fingerprint density at radius 2 is 1.30 bits per heavy atom. The molecule has 6 aliphatic rings. The van der Waals surface area contributed by atoms with E-state index in [0.717, 1.165) is 27.2 Å². The monoisotopic (exact) mass is 460 g/mol. The summed E-state index contributed by atoms with van der Waals surface area (Å²) in [5, 5.41) is 23.1. The largest absolute Gasteiger partial charge is 0.387 e. The Balaban J connectivity index is 1.28. The number of nitrogens with zero attached hydrogens (tertiary/aromatic N) is 2. The van der Waals surface area contributed by atoms with E-state index in [9.17, 15) is 10.2 Å². The van der Waals surface area contributed by atoms with Gasteiger partial charge in [0, 0.05) is 43.9 Å². The Morgan fingerprint density at radius 1 is 0.697 bits per heavy atom. The zero-order chi connectivity index (χ0) is 23.2. The number of fused-ring (bicyclic) bond motifs is 5. The molecular weight excluding hydrogens is 408 g/mol. The highest BCUT2D eigenvalue weighted by atomic mass is 16.3. The number of quaternary nitrogens is 2. The minimum atomic E-state index is -0.118. The summed E-state index contributed by atoms with van der Waals surface area (Å²) in [4.78, 5) is 0. The molecule has 6 fully saturated rings. The van der Waals surface area contributed by atoms with Crippen LogP contribution in [0.15, 0.2) is 0 Å². The highest BCUT2D eigenvalue weighted by Crippen LogP contribution is 2.67. The van der Waals surface area contributed by atoms with Gasteiger partial charge in [-0.05, 0) is 61.2 Å². The van der Waals surface area contributed by atoms with Crippen LogP contribution in [0.5, 0.6) is 0 Å².